The molecule has 0 spiro atoms. The van der Waals surface area contributed by atoms with Crippen LogP contribution >= 0.6 is 11.8 Å². The van der Waals surface area contributed by atoms with E-state index in [-0.39, 0.29) is 42.2 Å². The molecule has 3 unspecified atom stereocenters. The molecular formula is C98H80B2N4OS. The van der Waals surface area contributed by atoms with Crippen LogP contribution in [0.25, 0.3) is 44.5 Å². The van der Waals surface area contributed by atoms with Crippen LogP contribution in [-0.4, -0.2) is 25.5 Å². The lowest BCUT2D eigenvalue weighted by molar-refractivity contribution is 0.385. The van der Waals surface area contributed by atoms with Gasteiger partial charge in [0, 0.05) is 77.8 Å². The van der Waals surface area contributed by atoms with Crippen molar-refractivity contribution < 1.29 is 4.74 Å². The van der Waals surface area contributed by atoms with Gasteiger partial charge in [-0.3, -0.25) is 0 Å². The summed E-state index contributed by atoms with van der Waals surface area (Å²) in [5.74, 6) is 1.64. The van der Waals surface area contributed by atoms with E-state index in [0.717, 1.165) is 96.7 Å². The summed E-state index contributed by atoms with van der Waals surface area (Å²) in [4.78, 5) is 12.9. The quantitative estimate of drug-likeness (QED) is 0.113. The van der Waals surface area contributed by atoms with Crippen molar-refractivity contribution in [1.29, 1.82) is 0 Å². The lowest BCUT2D eigenvalue weighted by atomic mass is 9.28. The summed E-state index contributed by atoms with van der Waals surface area (Å²) in [5, 5.41) is 0. The molecule has 13 aromatic rings. The lowest BCUT2D eigenvalue weighted by Crippen LogP contribution is -2.65. The van der Waals surface area contributed by atoms with Gasteiger partial charge < -0.3 is 24.3 Å². The first kappa shape index (κ1) is 65.1. The number of anilines is 9. The molecule has 0 fully saturated rings. The third-order valence-electron chi connectivity index (χ3n) is 22.6. The summed E-state index contributed by atoms with van der Waals surface area (Å²) in [6.07, 6.45) is 15.1. The van der Waals surface area contributed by atoms with Crippen LogP contribution in [0.5, 0.6) is 5.75 Å². The molecule has 4 heterocycles. The van der Waals surface area contributed by atoms with Gasteiger partial charge >= 0.3 is 0 Å². The zero-order valence-corrected chi connectivity index (χ0v) is 61.4. The van der Waals surface area contributed by atoms with Gasteiger partial charge in [0.15, 0.2) is 0 Å². The number of rotatable bonds is 12. The third-order valence-corrected chi connectivity index (χ3v) is 23.7. The molecule has 0 aromatic heterocycles. The monoisotopic (exact) mass is 1380 g/mol. The summed E-state index contributed by atoms with van der Waals surface area (Å²) in [7, 11) is 0. The number of hydrogen-bond acceptors (Lipinski definition) is 6. The smallest absolute Gasteiger partial charge is 0.249 e. The molecule has 510 valence electrons. The van der Waals surface area contributed by atoms with Crippen LogP contribution in [0.15, 0.2) is 367 Å². The van der Waals surface area contributed by atoms with Gasteiger partial charge in [-0.1, -0.05) is 325 Å². The van der Waals surface area contributed by atoms with Gasteiger partial charge in [-0.25, -0.2) is 0 Å². The maximum atomic E-state index is 7.71. The van der Waals surface area contributed by atoms with Crippen molar-refractivity contribution in [3.05, 3.63) is 368 Å². The topological polar surface area (TPSA) is 22.2 Å². The molecule has 8 heteroatoms. The molecule has 13 aromatic carbocycles. The molecule has 0 saturated carbocycles. The fraction of sp³-hybridized carbons (Fsp3) is 0.122. The van der Waals surface area contributed by atoms with Gasteiger partial charge in [-0.05, 0) is 158 Å². The Kier molecular flexibility index (Phi) is 16.1. The Balaban J connectivity index is 0.906. The van der Waals surface area contributed by atoms with Crippen molar-refractivity contribution in [2.45, 2.75) is 86.5 Å². The van der Waals surface area contributed by atoms with E-state index in [4.69, 9.17) is 4.74 Å². The zero-order chi connectivity index (χ0) is 71.4. The first-order chi connectivity index (χ1) is 51.9. The van der Waals surface area contributed by atoms with E-state index in [1.807, 2.05) is 11.8 Å². The lowest BCUT2D eigenvalue weighted by Gasteiger charge is -2.51. The summed E-state index contributed by atoms with van der Waals surface area (Å²) >= 11 is 1.94. The molecule has 0 amide bonds. The second-order valence-electron chi connectivity index (χ2n) is 31.0. The Morgan fingerprint density at radius 1 is 0.415 bits per heavy atom. The van der Waals surface area contributed by atoms with E-state index >= 15 is 0 Å². The van der Waals surface area contributed by atoms with Crippen LogP contribution in [0.1, 0.15) is 59.1 Å². The van der Waals surface area contributed by atoms with Gasteiger partial charge in [0.05, 0.1) is 23.5 Å². The van der Waals surface area contributed by atoms with Gasteiger partial charge in [0.1, 0.15) is 11.5 Å². The predicted molar refractivity (Wildman–Crippen MR) is 450 cm³/mol. The summed E-state index contributed by atoms with van der Waals surface area (Å²) in [6.45, 7) is 13.7. The van der Waals surface area contributed by atoms with Gasteiger partial charge in [0.25, 0.3) is 0 Å². The van der Waals surface area contributed by atoms with Gasteiger partial charge in [0.2, 0.25) is 13.4 Å². The second-order valence-corrected chi connectivity index (χ2v) is 32.1. The number of ether oxygens (including phenoxy) is 1. The highest BCUT2D eigenvalue weighted by Crippen LogP contribution is 2.55. The minimum atomic E-state index is -0.317. The van der Waals surface area contributed by atoms with Gasteiger partial charge in [-0.2, -0.15) is 0 Å². The maximum absolute atomic E-state index is 7.71. The van der Waals surface area contributed by atoms with Crippen molar-refractivity contribution in [1.82, 2.24) is 0 Å². The van der Waals surface area contributed by atoms with Crippen LogP contribution < -0.4 is 51.7 Å². The number of fused-ring (bicyclic) bond motifs is 8. The molecule has 0 radical (unpaired) electrons. The van der Waals surface area contributed by atoms with Crippen LogP contribution in [0.2, 0.25) is 5.82 Å². The molecule has 4 aliphatic heterocycles. The van der Waals surface area contributed by atoms with E-state index in [0.29, 0.717) is 0 Å². The second kappa shape index (κ2) is 26.2. The Labute approximate surface area is 629 Å². The van der Waals surface area contributed by atoms with Crippen LogP contribution in [-0.2, 0) is 10.8 Å². The highest BCUT2D eigenvalue weighted by Gasteiger charge is 2.54. The SMILES string of the molecule is CC(C)(C)c1ccc(-c2cccc(-c3ccc(C(C)(C)C)cc3)c2N2c3cc4c(cc3B3c5ccccc5OC5=CC(N(c6ccc(-c7ccccc7)cc6)c6ccccc6-c6ccccc6)=CC2C35)B2c3ccccc3N(C3C=CC=CC3)c3cc(N(c5ccccc5)c5ccccc5)cc(c32)S4)cc1. The molecule has 3 atom stereocenters. The Morgan fingerprint density at radius 2 is 0.962 bits per heavy atom. The Hall–Kier alpha value is -11.7. The Bertz CT molecular complexity index is 5570. The third kappa shape index (κ3) is 11.3. The zero-order valence-electron chi connectivity index (χ0n) is 60.6. The van der Waals surface area contributed by atoms with E-state index in [1.54, 1.807) is 0 Å². The molecular weight excluding hydrogens is 1300 g/mol. The molecule has 2 aliphatic carbocycles. The molecule has 19 rings (SSSR count). The fourth-order valence-corrected chi connectivity index (χ4v) is 18.8. The largest absolute Gasteiger partial charge is 0.463 e. The normalized spacial score (nSPS) is 16.5. The average molecular weight is 1380 g/mol. The highest BCUT2D eigenvalue weighted by molar-refractivity contribution is 8.00. The van der Waals surface area contributed by atoms with Crippen LogP contribution in [0.3, 0.4) is 0 Å². The first-order valence-corrected chi connectivity index (χ1v) is 38.3. The van der Waals surface area contributed by atoms with Crippen molar-refractivity contribution >= 4 is 104 Å². The molecule has 0 saturated heterocycles. The first-order valence-electron chi connectivity index (χ1n) is 37.5. The van der Waals surface area contributed by atoms with Crippen molar-refractivity contribution in [2.24, 2.45) is 0 Å². The summed E-state index contributed by atoms with van der Waals surface area (Å²) in [5.41, 5.74) is 29.5. The molecule has 0 bridgehead atoms. The van der Waals surface area contributed by atoms with E-state index in [1.165, 1.54) is 70.9 Å². The minimum absolute atomic E-state index is 0.0469. The fourth-order valence-electron chi connectivity index (χ4n) is 17.5. The number of benzene rings is 13. The maximum Gasteiger partial charge on any atom is 0.249 e. The minimum Gasteiger partial charge on any atom is -0.463 e. The van der Waals surface area contributed by atoms with E-state index in [9.17, 15) is 0 Å². The number of allylic oxidation sites excluding steroid dienone is 3. The molecule has 5 nitrogen and oxygen atoms in total. The van der Waals surface area contributed by atoms with Crippen LogP contribution in [0.4, 0.5) is 51.2 Å². The number of para-hydroxylation sites is 6. The van der Waals surface area contributed by atoms with Gasteiger partial charge in [-0.15, -0.1) is 0 Å². The Morgan fingerprint density at radius 3 is 1.60 bits per heavy atom. The van der Waals surface area contributed by atoms with Crippen molar-refractivity contribution in [3.63, 3.8) is 0 Å². The van der Waals surface area contributed by atoms with E-state index < -0.39 is 0 Å². The van der Waals surface area contributed by atoms with Crippen molar-refractivity contribution in [3.8, 4) is 50.3 Å². The highest BCUT2D eigenvalue weighted by atomic mass is 32.2. The van der Waals surface area contributed by atoms with Crippen LogP contribution in [0, 0.1) is 0 Å². The molecule has 0 N–H and O–H groups in total. The molecule has 106 heavy (non-hydrogen) atoms. The number of nitrogens with zero attached hydrogens (tertiary/aromatic N) is 4. The average Bonchev–Trinajstić information content (AvgIpc) is 0.690. The van der Waals surface area contributed by atoms with Crippen molar-refractivity contribution in [2.75, 3.05) is 19.6 Å². The van der Waals surface area contributed by atoms with E-state index in [2.05, 4.69) is 407 Å². The predicted octanol–water partition coefficient (Wildman–Crippen LogP) is 22.2. The number of hydrogen-bond donors (Lipinski definition) is 0. The summed E-state index contributed by atoms with van der Waals surface area (Å²) in [6, 6.07) is 116. The standard InChI is InChI=1S/C98H80B2N4OS/c1-97(2,3)70-53-47-68(48-54-70)79-40-28-41-80(69-49-55-71(56-50-69)98(4,5)6)96(79)104-87-64-92-84(99-81-42-23-26-45-86(81)103(74-37-20-11-21-38-74)89-60-77(62-93(106-92)95(89)99)101(72-33-16-9-17-34-72)73-35-18-10-19-36-73)63-83(87)100-82-43-24-27-46-90(82)105-91-61-76(59-88(104)94(91)100)102(75-57-51-66(52-58-75)65-29-12-7-13-30-65)85-44-25-22-39-78(85)67-31-14-8-15-32-67/h7-37,39-64,74,88,94H,38H2,1-6H3. The summed E-state index contributed by atoms with van der Waals surface area (Å²) < 4.78 is 7.71. The molecule has 6 aliphatic rings.